The molecule has 0 saturated carbocycles. The highest BCUT2D eigenvalue weighted by Crippen LogP contribution is 2.08. The van der Waals surface area contributed by atoms with Crippen LogP contribution in [0, 0.1) is 5.75 Å². The lowest BCUT2D eigenvalue weighted by atomic mass is 10.6. The van der Waals surface area contributed by atoms with Crippen LogP contribution in [0.25, 0.3) is 0 Å². The second-order valence-electron chi connectivity index (χ2n) is 1.45. The molecular formula is C3H3N2O3S2. The van der Waals surface area contributed by atoms with Gasteiger partial charge in [-0.05, 0) is 11.5 Å². The van der Waals surface area contributed by atoms with Crippen LogP contribution in [0.3, 0.4) is 0 Å². The zero-order chi connectivity index (χ0) is 7.61. The predicted octanol–water partition coefficient (Wildman–Crippen LogP) is -0.0642. The molecule has 1 N–H and O–H groups in total. The van der Waals surface area contributed by atoms with Gasteiger partial charge in [-0.2, -0.15) is 8.42 Å². The highest BCUT2D eigenvalue weighted by molar-refractivity contribution is 7.88. The van der Waals surface area contributed by atoms with Gasteiger partial charge >= 0.3 is 0 Å². The average Bonchev–Trinajstić information content (AvgIpc) is 2.12. The SMILES string of the molecule is O=S(=O)(O)[CH]c1cnns1. The minimum absolute atomic E-state index is 0.308. The molecule has 1 aromatic rings. The largest absolute Gasteiger partial charge is 0.285 e. The van der Waals surface area contributed by atoms with E-state index in [4.69, 9.17) is 4.55 Å². The number of hydrogen-bond donors (Lipinski definition) is 1. The number of rotatable bonds is 2. The number of aromatic nitrogens is 2. The fourth-order valence-electron chi connectivity index (χ4n) is 0.373. The van der Waals surface area contributed by atoms with Crippen LogP contribution in [0.5, 0.6) is 0 Å². The van der Waals surface area contributed by atoms with Crippen LogP contribution in [0.2, 0.25) is 0 Å². The zero-order valence-electron chi connectivity index (χ0n) is 4.63. The van der Waals surface area contributed by atoms with E-state index in [1.165, 1.54) is 6.20 Å². The molecule has 0 amide bonds. The summed E-state index contributed by atoms with van der Waals surface area (Å²) in [5.41, 5.74) is 0. The molecular weight excluding hydrogens is 176 g/mol. The normalized spacial score (nSPS) is 11.7. The van der Waals surface area contributed by atoms with Gasteiger partial charge in [0, 0.05) is 0 Å². The molecule has 0 aromatic carbocycles. The van der Waals surface area contributed by atoms with Gasteiger partial charge in [-0.3, -0.25) is 4.55 Å². The second-order valence-corrected chi connectivity index (χ2v) is 3.54. The highest BCUT2D eigenvalue weighted by Gasteiger charge is 2.08. The van der Waals surface area contributed by atoms with Crippen LogP contribution in [-0.2, 0) is 10.1 Å². The first kappa shape index (κ1) is 7.58. The van der Waals surface area contributed by atoms with E-state index in [0.29, 0.717) is 10.6 Å². The minimum atomic E-state index is -4.04. The Morgan fingerprint density at radius 1 is 1.70 bits per heavy atom. The summed E-state index contributed by atoms with van der Waals surface area (Å²) in [6, 6.07) is 0. The summed E-state index contributed by atoms with van der Waals surface area (Å²) in [6.45, 7) is 0. The monoisotopic (exact) mass is 179 g/mol. The highest BCUT2D eigenvalue weighted by atomic mass is 32.2. The molecule has 0 saturated heterocycles. The molecule has 55 valence electrons. The van der Waals surface area contributed by atoms with Crippen molar-refractivity contribution >= 4 is 21.7 Å². The predicted molar refractivity (Wildman–Crippen MR) is 34.9 cm³/mol. The van der Waals surface area contributed by atoms with Gasteiger partial charge in [-0.1, -0.05) is 4.49 Å². The maximum Gasteiger partial charge on any atom is 0.274 e. The van der Waals surface area contributed by atoms with Crippen molar-refractivity contribution in [1.29, 1.82) is 0 Å². The summed E-state index contributed by atoms with van der Waals surface area (Å²) in [5.74, 6) is 0.692. The molecule has 7 heteroatoms. The third kappa shape index (κ3) is 2.38. The van der Waals surface area contributed by atoms with Crippen LogP contribution in [-0.4, -0.2) is 22.6 Å². The molecule has 1 aromatic heterocycles. The Balaban J connectivity index is 2.75. The van der Waals surface area contributed by atoms with E-state index in [-0.39, 0.29) is 0 Å². The Kier molecular flexibility index (Phi) is 1.97. The maximum atomic E-state index is 10.1. The van der Waals surface area contributed by atoms with Gasteiger partial charge in [0.15, 0.2) is 0 Å². The van der Waals surface area contributed by atoms with Gasteiger partial charge in [0.2, 0.25) is 0 Å². The van der Waals surface area contributed by atoms with Crippen LogP contribution >= 0.6 is 11.5 Å². The number of nitrogens with zero attached hydrogens (tertiary/aromatic N) is 2. The fraction of sp³-hybridized carbons (Fsp3) is 0. The Morgan fingerprint density at radius 2 is 2.40 bits per heavy atom. The second kappa shape index (κ2) is 2.60. The van der Waals surface area contributed by atoms with Crippen LogP contribution < -0.4 is 0 Å². The summed E-state index contributed by atoms with van der Waals surface area (Å²) in [7, 11) is -4.04. The Bertz CT molecular complexity index is 290. The third-order valence-electron chi connectivity index (χ3n) is 0.643. The summed E-state index contributed by atoms with van der Waals surface area (Å²) in [6.07, 6.45) is 1.25. The summed E-state index contributed by atoms with van der Waals surface area (Å²) in [4.78, 5) is 0.308. The van der Waals surface area contributed by atoms with E-state index < -0.39 is 10.1 Å². The van der Waals surface area contributed by atoms with Gasteiger partial charge in [0.25, 0.3) is 10.1 Å². The van der Waals surface area contributed by atoms with Crippen molar-refractivity contribution in [1.82, 2.24) is 9.59 Å². The lowest BCUT2D eigenvalue weighted by Gasteiger charge is -1.86. The first-order chi connectivity index (χ1) is 4.58. The van der Waals surface area contributed by atoms with Crippen molar-refractivity contribution in [3.8, 4) is 0 Å². The molecule has 0 bridgehead atoms. The van der Waals surface area contributed by atoms with E-state index in [1.807, 2.05) is 0 Å². The van der Waals surface area contributed by atoms with Gasteiger partial charge in [-0.15, -0.1) is 5.10 Å². The van der Waals surface area contributed by atoms with Gasteiger partial charge in [0.1, 0.15) is 5.75 Å². The van der Waals surface area contributed by atoms with Crippen LogP contribution in [0.4, 0.5) is 0 Å². The molecule has 10 heavy (non-hydrogen) atoms. The molecule has 1 rings (SSSR count). The van der Waals surface area contributed by atoms with E-state index in [2.05, 4.69) is 9.59 Å². The molecule has 0 atom stereocenters. The van der Waals surface area contributed by atoms with Gasteiger partial charge in [-0.25, -0.2) is 0 Å². The summed E-state index contributed by atoms with van der Waals surface area (Å²) in [5, 5.41) is 3.37. The Labute approximate surface area is 61.6 Å². The standard InChI is InChI=1S/C3H3N2O3S2/c6-10(7,8)2-3-1-4-5-9-3/h1-2H,(H,6,7,8). The molecule has 0 fully saturated rings. The lowest BCUT2D eigenvalue weighted by molar-refractivity contribution is 0.491. The minimum Gasteiger partial charge on any atom is -0.285 e. The Hall–Kier alpha value is -0.530. The fourth-order valence-corrected chi connectivity index (χ4v) is 1.55. The van der Waals surface area contributed by atoms with Crippen molar-refractivity contribution in [2.45, 2.75) is 0 Å². The van der Waals surface area contributed by atoms with E-state index in [9.17, 15) is 8.42 Å². The molecule has 0 aliphatic rings. The Morgan fingerprint density at radius 3 is 2.80 bits per heavy atom. The van der Waals surface area contributed by atoms with E-state index in [1.54, 1.807) is 0 Å². The van der Waals surface area contributed by atoms with Gasteiger partial charge in [0.05, 0.1) is 11.1 Å². The average molecular weight is 179 g/mol. The van der Waals surface area contributed by atoms with Crippen LogP contribution in [0.15, 0.2) is 6.20 Å². The number of hydrogen-bond acceptors (Lipinski definition) is 5. The molecule has 0 unspecified atom stereocenters. The van der Waals surface area contributed by atoms with Crippen molar-refractivity contribution in [2.24, 2.45) is 0 Å². The molecule has 0 aliphatic carbocycles. The third-order valence-corrected chi connectivity index (χ3v) is 1.95. The van der Waals surface area contributed by atoms with E-state index >= 15 is 0 Å². The molecule has 0 spiro atoms. The van der Waals surface area contributed by atoms with E-state index in [0.717, 1.165) is 11.5 Å². The van der Waals surface area contributed by atoms with Crippen molar-refractivity contribution in [2.75, 3.05) is 0 Å². The van der Waals surface area contributed by atoms with Crippen molar-refractivity contribution in [3.63, 3.8) is 0 Å². The quantitative estimate of drug-likeness (QED) is 0.643. The lowest BCUT2D eigenvalue weighted by Crippen LogP contribution is -1.96. The maximum absolute atomic E-state index is 10.1. The van der Waals surface area contributed by atoms with Crippen molar-refractivity contribution in [3.05, 3.63) is 16.8 Å². The molecule has 1 radical (unpaired) electrons. The first-order valence-electron chi connectivity index (χ1n) is 2.17. The van der Waals surface area contributed by atoms with Crippen molar-refractivity contribution < 1.29 is 13.0 Å². The van der Waals surface area contributed by atoms with Crippen LogP contribution in [0.1, 0.15) is 4.88 Å². The summed E-state index contributed by atoms with van der Waals surface area (Å²) < 4.78 is 31.9. The zero-order valence-corrected chi connectivity index (χ0v) is 6.26. The summed E-state index contributed by atoms with van der Waals surface area (Å²) >= 11 is 0.894. The van der Waals surface area contributed by atoms with Gasteiger partial charge < -0.3 is 0 Å². The topological polar surface area (TPSA) is 80.2 Å². The molecule has 5 nitrogen and oxygen atoms in total. The first-order valence-corrected chi connectivity index (χ1v) is 4.45. The molecule has 1 heterocycles. The smallest absolute Gasteiger partial charge is 0.274 e. The molecule has 0 aliphatic heterocycles.